The number of carbonyl (C=O) groups excluding carboxylic acids is 1. The van der Waals surface area contributed by atoms with Crippen LogP contribution in [0.2, 0.25) is 0 Å². The number of amides is 1. The molecule has 1 amide bonds. The largest absolute Gasteiger partial charge is 0.481 e. The highest BCUT2D eigenvalue weighted by Crippen LogP contribution is 2.24. The third-order valence-corrected chi connectivity index (χ3v) is 3.68. The van der Waals surface area contributed by atoms with Crippen molar-refractivity contribution in [2.24, 2.45) is 0 Å². The molecule has 0 aromatic heterocycles. The van der Waals surface area contributed by atoms with Gasteiger partial charge in [-0.25, -0.2) is 0 Å². The lowest BCUT2D eigenvalue weighted by atomic mass is 9.87. The summed E-state index contributed by atoms with van der Waals surface area (Å²) in [6, 6.07) is 16.5. The average molecular weight is 322 g/mol. The number of hydrogen-bond acceptors (Lipinski definition) is 3. The molecular formula is C20H22N2O2. The van der Waals surface area contributed by atoms with E-state index in [1.807, 2.05) is 30.3 Å². The van der Waals surface area contributed by atoms with Gasteiger partial charge in [-0.2, -0.15) is 5.26 Å². The molecule has 0 saturated heterocycles. The number of hydrogen-bond donors (Lipinski definition) is 1. The molecule has 0 unspecified atom stereocenters. The number of ether oxygens (including phenoxy) is 1. The Morgan fingerprint density at radius 2 is 1.67 bits per heavy atom. The number of anilines is 1. The Morgan fingerprint density at radius 3 is 2.17 bits per heavy atom. The van der Waals surface area contributed by atoms with Gasteiger partial charge in [0.05, 0.1) is 11.6 Å². The van der Waals surface area contributed by atoms with Gasteiger partial charge < -0.3 is 10.1 Å². The Labute approximate surface area is 143 Å². The van der Waals surface area contributed by atoms with Crippen molar-refractivity contribution >= 4 is 11.6 Å². The first kappa shape index (κ1) is 17.6. The van der Waals surface area contributed by atoms with E-state index in [1.165, 1.54) is 5.56 Å². The second kappa shape index (κ2) is 7.18. The fourth-order valence-corrected chi connectivity index (χ4v) is 2.16. The third kappa shape index (κ3) is 4.60. The molecule has 4 heteroatoms. The molecule has 0 spiro atoms. The van der Waals surface area contributed by atoms with Crippen LogP contribution in [0.25, 0.3) is 0 Å². The Balaban J connectivity index is 1.97. The zero-order chi connectivity index (χ0) is 17.7. The molecule has 2 rings (SSSR count). The van der Waals surface area contributed by atoms with Crippen LogP contribution in [-0.2, 0) is 10.2 Å². The molecule has 124 valence electrons. The molecule has 2 aromatic rings. The average Bonchev–Trinajstić information content (AvgIpc) is 2.55. The van der Waals surface area contributed by atoms with Gasteiger partial charge in [-0.05, 0) is 54.3 Å². The summed E-state index contributed by atoms with van der Waals surface area (Å²) in [5, 5.41) is 11.6. The van der Waals surface area contributed by atoms with Crippen LogP contribution in [0.5, 0.6) is 5.75 Å². The monoisotopic (exact) mass is 322 g/mol. The van der Waals surface area contributed by atoms with Gasteiger partial charge in [-0.3, -0.25) is 4.79 Å². The number of nitrogens with one attached hydrogen (secondary N) is 1. The summed E-state index contributed by atoms with van der Waals surface area (Å²) in [6.07, 6.45) is -0.624. The number of benzene rings is 2. The van der Waals surface area contributed by atoms with Crippen LogP contribution in [0.1, 0.15) is 38.8 Å². The van der Waals surface area contributed by atoms with Crippen molar-refractivity contribution in [1.82, 2.24) is 0 Å². The summed E-state index contributed by atoms with van der Waals surface area (Å²) in [5.41, 5.74) is 2.48. The highest BCUT2D eigenvalue weighted by molar-refractivity contribution is 5.94. The van der Waals surface area contributed by atoms with Crippen molar-refractivity contribution in [1.29, 1.82) is 5.26 Å². The van der Waals surface area contributed by atoms with Gasteiger partial charge in [-0.15, -0.1) is 0 Å². The van der Waals surface area contributed by atoms with Gasteiger partial charge >= 0.3 is 0 Å². The molecule has 0 aliphatic rings. The maximum absolute atomic E-state index is 12.2. The predicted octanol–water partition coefficient (Wildman–Crippen LogP) is 4.26. The van der Waals surface area contributed by atoms with Crippen LogP contribution in [0.3, 0.4) is 0 Å². The maximum atomic E-state index is 12.2. The number of carbonyl (C=O) groups is 1. The second-order valence-electron chi connectivity index (χ2n) is 6.71. The Kier molecular flexibility index (Phi) is 5.25. The molecule has 0 saturated carbocycles. The van der Waals surface area contributed by atoms with Crippen molar-refractivity contribution in [3.63, 3.8) is 0 Å². The molecule has 2 aromatic carbocycles. The van der Waals surface area contributed by atoms with E-state index >= 15 is 0 Å². The molecule has 0 aliphatic carbocycles. The Bertz CT molecular complexity index is 735. The number of nitriles is 1. The van der Waals surface area contributed by atoms with Crippen LogP contribution >= 0.6 is 0 Å². The summed E-state index contributed by atoms with van der Waals surface area (Å²) < 4.78 is 5.70. The first-order valence-electron chi connectivity index (χ1n) is 7.88. The van der Waals surface area contributed by atoms with Crippen molar-refractivity contribution in [2.75, 3.05) is 5.32 Å². The standard InChI is InChI=1S/C20H22N2O2/c1-14(19(23)22-17-9-5-15(13-21)6-10-17)24-18-11-7-16(8-12-18)20(2,3)4/h5-12,14H,1-4H3,(H,22,23)/t14-/m0/s1. The molecule has 0 aliphatic heterocycles. The van der Waals surface area contributed by atoms with Gasteiger partial charge in [-0.1, -0.05) is 32.9 Å². The molecule has 0 bridgehead atoms. The fourth-order valence-electron chi connectivity index (χ4n) is 2.16. The van der Waals surface area contributed by atoms with Crippen molar-refractivity contribution < 1.29 is 9.53 Å². The highest BCUT2D eigenvalue weighted by atomic mass is 16.5. The summed E-state index contributed by atoms with van der Waals surface area (Å²) in [5.74, 6) is 0.421. The van der Waals surface area contributed by atoms with E-state index in [1.54, 1.807) is 31.2 Å². The van der Waals surface area contributed by atoms with Gasteiger partial charge in [0.2, 0.25) is 0 Å². The SMILES string of the molecule is C[C@H](Oc1ccc(C(C)(C)C)cc1)C(=O)Nc1ccc(C#N)cc1. The van der Waals surface area contributed by atoms with Gasteiger partial charge in [0, 0.05) is 5.69 Å². The second-order valence-corrected chi connectivity index (χ2v) is 6.71. The molecule has 4 nitrogen and oxygen atoms in total. The van der Waals surface area contributed by atoms with E-state index in [9.17, 15) is 4.79 Å². The molecule has 0 fully saturated rings. The lowest BCUT2D eigenvalue weighted by Gasteiger charge is -2.20. The maximum Gasteiger partial charge on any atom is 0.265 e. The lowest BCUT2D eigenvalue weighted by Crippen LogP contribution is -2.30. The minimum Gasteiger partial charge on any atom is -0.481 e. The summed E-state index contributed by atoms with van der Waals surface area (Å²) >= 11 is 0. The molecular weight excluding hydrogens is 300 g/mol. The van der Waals surface area contributed by atoms with E-state index in [0.717, 1.165) is 0 Å². The zero-order valence-electron chi connectivity index (χ0n) is 14.5. The first-order valence-corrected chi connectivity index (χ1v) is 7.88. The van der Waals surface area contributed by atoms with Crippen LogP contribution in [0.15, 0.2) is 48.5 Å². The van der Waals surface area contributed by atoms with Crippen molar-refractivity contribution in [3.05, 3.63) is 59.7 Å². The van der Waals surface area contributed by atoms with Crippen LogP contribution in [0.4, 0.5) is 5.69 Å². The molecule has 1 N–H and O–H groups in total. The van der Waals surface area contributed by atoms with E-state index in [4.69, 9.17) is 10.00 Å². The Hall–Kier alpha value is -2.80. The summed E-state index contributed by atoms with van der Waals surface area (Å²) in [4.78, 5) is 12.2. The zero-order valence-corrected chi connectivity index (χ0v) is 14.5. The van der Waals surface area contributed by atoms with E-state index in [2.05, 4.69) is 26.1 Å². The lowest BCUT2D eigenvalue weighted by molar-refractivity contribution is -0.122. The number of nitrogens with zero attached hydrogens (tertiary/aromatic N) is 1. The van der Waals surface area contributed by atoms with Crippen molar-refractivity contribution in [2.45, 2.75) is 39.2 Å². The van der Waals surface area contributed by atoms with Crippen LogP contribution in [0, 0.1) is 11.3 Å². The minimum atomic E-state index is -0.624. The normalized spacial score (nSPS) is 12.1. The number of rotatable bonds is 4. The van der Waals surface area contributed by atoms with Crippen LogP contribution < -0.4 is 10.1 Å². The minimum absolute atomic E-state index is 0.0805. The molecule has 0 heterocycles. The molecule has 0 radical (unpaired) electrons. The predicted molar refractivity (Wildman–Crippen MR) is 95.0 cm³/mol. The van der Waals surface area contributed by atoms with E-state index < -0.39 is 6.10 Å². The first-order chi connectivity index (χ1) is 11.3. The third-order valence-electron chi connectivity index (χ3n) is 3.68. The smallest absolute Gasteiger partial charge is 0.265 e. The van der Waals surface area contributed by atoms with Crippen molar-refractivity contribution in [3.8, 4) is 11.8 Å². The highest BCUT2D eigenvalue weighted by Gasteiger charge is 2.16. The summed E-state index contributed by atoms with van der Waals surface area (Å²) in [7, 11) is 0. The quantitative estimate of drug-likeness (QED) is 0.914. The Morgan fingerprint density at radius 1 is 1.08 bits per heavy atom. The molecule has 1 atom stereocenters. The van der Waals surface area contributed by atoms with E-state index in [-0.39, 0.29) is 11.3 Å². The fraction of sp³-hybridized carbons (Fsp3) is 0.300. The van der Waals surface area contributed by atoms with Gasteiger partial charge in [0.15, 0.2) is 6.10 Å². The summed E-state index contributed by atoms with van der Waals surface area (Å²) in [6.45, 7) is 8.15. The van der Waals surface area contributed by atoms with E-state index in [0.29, 0.717) is 17.0 Å². The topological polar surface area (TPSA) is 62.1 Å². The molecule has 24 heavy (non-hydrogen) atoms. The van der Waals surface area contributed by atoms with Gasteiger partial charge in [0.25, 0.3) is 5.91 Å². The van der Waals surface area contributed by atoms with Crippen LogP contribution in [-0.4, -0.2) is 12.0 Å². The van der Waals surface area contributed by atoms with Gasteiger partial charge in [0.1, 0.15) is 5.75 Å².